The van der Waals surface area contributed by atoms with Crippen molar-refractivity contribution in [2.75, 3.05) is 7.11 Å². The van der Waals surface area contributed by atoms with Crippen LogP contribution in [0.3, 0.4) is 0 Å². The van der Waals surface area contributed by atoms with Gasteiger partial charge in [-0.3, -0.25) is 9.48 Å². The Kier molecular flexibility index (Phi) is 4.76. The highest BCUT2D eigenvalue weighted by Crippen LogP contribution is 2.11. The van der Waals surface area contributed by atoms with E-state index in [1.165, 1.54) is 0 Å². The normalized spacial score (nSPS) is 10.3. The van der Waals surface area contributed by atoms with Crippen LogP contribution >= 0.6 is 0 Å². The van der Waals surface area contributed by atoms with Crippen LogP contribution in [-0.2, 0) is 13.1 Å². The second-order valence-electron chi connectivity index (χ2n) is 4.47. The Labute approximate surface area is 118 Å². The number of rotatable bonds is 6. The molecule has 0 saturated carbocycles. The quantitative estimate of drug-likeness (QED) is 0.878. The maximum atomic E-state index is 12.1. The molecule has 1 N–H and O–H groups in total. The number of amides is 1. The van der Waals surface area contributed by atoms with Gasteiger partial charge in [0.15, 0.2) is 0 Å². The van der Waals surface area contributed by atoms with E-state index in [2.05, 4.69) is 17.3 Å². The van der Waals surface area contributed by atoms with Gasteiger partial charge >= 0.3 is 0 Å². The van der Waals surface area contributed by atoms with Crippen molar-refractivity contribution in [3.05, 3.63) is 47.8 Å². The molecule has 0 unspecified atom stereocenters. The first-order valence-corrected chi connectivity index (χ1v) is 6.67. The van der Waals surface area contributed by atoms with Crippen molar-refractivity contribution in [1.82, 2.24) is 15.1 Å². The van der Waals surface area contributed by atoms with Gasteiger partial charge in [-0.1, -0.05) is 19.1 Å². The molecule has 5 heteroatoms. The highest BCUT2D eigenvalue weighted by atomic mass is 16.5. The number of methoxy groups -OCH3 is 1. The molecular weight excluding hydrogens is 254 g/mol. The number of aryl methyl sites for hydroxylation is 1. The minimum absolute atomic E-state index is 0.105. The summed E-state index contributed by atoms with van der Waals surface area (Å²) in [5.74, 6) is 0.702. The van der Waals surface area contributed by atoms with Crippen LogP contribution in [0.4, 0.5) is 0 Å². The maximum absolute atomic E-state index is 12.1. The third kappa shape index (κ3) is 3.38. The zero-order valence-electron chi connectivity index (χ0n) is 11.8. The van der Waals surface area contributed by atoms with Crippen molar-refractivity contribution in [1.29, 1.82) is 0 Å². The van der Waals surface area contributed by atoms with Crippen LogP contribution in [0, 0.1) is 0 Å². The van der Waals surface area contributed by atoms with Gasteiger partial charge < -0.3 is 10.1 Å². The number of aromatic nitrogens is 2. The summed E-state index contributed by atoms with van der Waals surface area (Å²) in [5, 5.41) is 7.04. The third-order valence-electron chi connectivity index (χ3n) is 3.00. The number of carbonyl (C=O) groups is 1. The van der Waals surface area contributed by atoms with Gasteiger partial charge in [0.05, 0.1) is 7.11 Å². The Bertz CT molecular complexity index is 561. The summed E-state index contributed by atoms with van der Waals surface area (Å²) in [6.07, 6.45) is 2.60. The van der Waals surface area contributed by atoms with E-state index in [0.29, 0.717) is 12.2 Å². The Balaban J connectivity index is 1.95. The van der Waals surface area contributed by atoms with E-state index >= 15 is 0 Å². The summed E-state index contributed by atoms with van der Waals surface area (Å²) in [6.45, 7) is 3.29. The van der Waals surface area contributed by atoms with Crippen LogP contribution in [-0.4, -0.2) is 22.8 Å². The summed E-state index contributed by atoms with van der Waals surface area (Å²) in [6, 6.07) is 9.36. The van der Waals surface area contributed by atoms with E-state index in [4.69, 9.17) is 4.74 Å². The molecule has 20 heavy (non-hydrogen) atoms. The van der Waals surface area contributed by atoms with Gasteiger partial charge in [-0.25, -0.2) is 0 Å². The molecule has 1 amide bonds. The Morgan fingerprint density at radius 1 is 1.30 bits per heavy atom. The summed E-state index contributed by atoms with van der Waals surface area (Å²) in [5.41, 5.74) is 1.63. The lowest BCUT2D eigenvalue weighted by atomic mass is 10.2. The Morgan fingerprint density at radius 3 is 2.70 bits per heavy atom. The molecule has 1 heterocycles. The Morgan fingerprint density at radius 2 is 2.05 bits per heavy atom. The number of hydrogen-bond acceptors (Lipinski definition) is 3. The molecule has 2 aromatic rings. The van der Waals surface area contributed by atoms with Crippen LogP contribution in [0.15, 0.2) is 36.5 Å². The second-order valence-corrected chi connectivity index (χ2v) is 4.47. The van der Waals surface area contributed by atoms with Gasteiger partial charge in [-0.2, -0.15) is 5.10 Å². The third-order valence-corrected chi connectivity index (χ3v) is 3.00. The number of benzene rings is 1. The maximum Gasteiger partial charge on any atom is 0.269 e. The standard InChI is InChI=1S/C15H19N3O2/c1-3-10-18-14(8-9-17-18)15(19)16-11-12-4-6-13(20-2)7-5-12/h4-9H,3,10-11H2,1-2H3,(H,16,19). The first kappa shape index (κ1) is 14.1. The zero-order valence-corrected chi connectivity index (χ0v) is 11.8. The molecule has 2 rings (SSSR count). The fraction of sp³-hybridized carbons (Fsp3) is 0.333. The predicted molar refractivity (Wildman–Crippen MR) is 76.7 cm³/mol. The largest absolute Gasteiger partial charge is 0.497 e. The topological polar surface area (TPSA) is 56.2 Å². The van der Waals surface area contributed by atoms with E-state index in [1.54, 1.807) is 24.1 Å². The molecular formula is C15H19N3O2. The van der Waals surface area contributed by atoms with Crippen LogP contribution in [0.2, 0.25) is 0 Å². The summed E-state index contributed by atoms with van der Waals surface area (Å²) >= 11 is 0. The van der Waals surface area contributed by atoms with Crippen molar-refractivity contribution in [2.45, 2.75) is 26.4 Å². The van der Waals surface area contributed by atoms with Gasteiger partial charge in [0.2, 0.25) is 0 Å². The van der Waals surface area contributed by atoms with Crippen molar-refractivity contribution in [2.24, 2.45) is 0 Å². The smallest absolute Gasteiger partial charge is 0.269 e. The number of hydrogen-bond donors (Lipinski definition) is 1. The van der Waals surface area contributed by atoms with Crippen LogP contribution in [0.5, 0.6) is 5.75 Å². The first-order chi connectivity index (χ1) is 9.74. The lowest BCUT2D eigenvalue weighted by Crippen LogP contribution is -2.25. The summed E-state index contributed by atoms with van der Waals surface area (Å²) in [7, 11) is 1.63. The average Bonchev–Trinajstić information content (AvgIpc) is 2.94. The van der Waals surface area contributed by atoms with Crippen molar-refractivity contribution in [3.8, 4) is 5.75 Å². The van der Waals surface area contributed by atoms with Gasteiger partial charge in [-0.05, 0) is 30.2 Å². The number of carbonyl (C=O) groups excluding carboxylic acids is 1. The summed E-state index contributed by atoms with van der Waals surface area (Å²) in [4.78, 5) is 12.1. The molecule has 0 spiro atoms. The van der Waals surface area contributed by atoms with Crippen molar-refractivity contribution >= 4 is 5.91 Å². The fourth-order valence-corrected chi connectivity index (χ4v) is 1.93. The molecule has 0 saturated heterocycles. The molecule has 0 radical (unpaired) electrons. The van der Waals surface area contributed by atoms with Crippen molar-refractivity contribution in [3.63, 3.8) is 0 Å². The second kappa shape index (κ2) is 6.75. The van der Waals surface area contributed by atoms with Crippen LogP contribution in [0.1, 0.15) is 29.4 Å². The summed E-state index contributed by atoms with van der Waals surface area (Å²) < 4.78 is 6.82. The zero-order chi connectivity index (χ0) is 14.4. The predicted octanol–water partition coefficient (Wildman–Crippen LogP) is 2.23. The highest BCUT2D eigenvalue weighted by molar-refractivity contribution is 5.92. The molecule has 106 valence electrons. The SMILES string of the molecule is CCCn1nccc1C(=O)NCc1ccc(OC)cc1. The van der Waals surface area contributed by atoms with E-state index in [9.17, 15) is 4.79 Å². The molecule has 5 nitrogen and oxygen atoms in total. The molecule has 1 aromatic heterocycles. The molecule has 0 aliphatic carbocycles. The van der Waals surface area contributed by atoms with Gasteiger partial charge in [0.25, 0.3) is 5.91 Å². The number of nitrogens with one attached hydrogen (secondary N) is 1. The van der Waals surface area contributed by atoms with E-state index in [-0.39, 0.29) is 5.91 Å². The fourth-order valence-electron chi connectivity index (χ4n) is 1.93. The minimum Gasteiger partial charge on any atom is -0.497 e. The molecule has 0 bridgehead atoms. The molecule has 0 aliphatic rings. The number of ether oxygens (including phenoxy) is 1. The van der Waals surface area contributed by atoms with E-state index in [1.807, 2.05) is 24.3 Å². The van der Waals surface area contributed by atoms with Gasteiger partial charge in [0, 0.05) is 19.3 Å². The molecule has 0 aliphatic heterocycles. The van der Waals surface area contributed by atoms with Crippen molar-refractivity contribution < 1.29 is 9.53 Å². The Hall–Kier alpha value is -2.30. The van der Waals surface area contributed by atoms with Gasteiger partial charge in [-0.15, -0.1) is 0 Å². The van der Waals surface area contributed by atoms with Crippen LogP contribution < -0.4 is 10.1 Å². The average molecular weight is 273 g/mol. The van der Waals surface area contributed by atoms with E-state index < -0.39 is 0 Å². The molecule has 0 fully saturated rings. The lowest BCUT2D eigenvalue weighted by molar-refractivity contribution is 0.0940. The minimum atomic E-state index is -0.105. The van der Waals surface area contributed by atoms with Gasteiger partial charge in [0.1, 0.15) is 11.4 Å². The first-order valence-electron chi connectivity index (χ1n) is 6.67. The highest BCUT2D eigenvalue weighted by Gasteiger charge is 2.10. The van der Waals surface area contributed by atoms with E-state index in [0.717, 1.165) is 24.3 Å². The monoisotopic (exact) mass is 273 g/mol. The van der Waals surface area contributed by atoms with Crippen LogP contribution in [0.25, 0.3) is 0 Å². The molecule has 0 atom stereocenters. The lowest BCUT2D eigenvalue weighted by Gasteiger charge is -2.08. The molecule has 1 aromatic carbocycles. The number of nitrogens with zero attached hydrogens (tertiary/aromatic N) is 2.